The molecule has 5 heteroatoms. The molecule has 0 bridgehead atoms. The highest BCUT2D eigenvalue weighted by Crippen LogP contribution is 2.14. The number of nitrogens with zero attached hydrogens (tertiary/aromatic N) is 2. The lowest BCUT2D eigenvalue weighted by atomic mass is 10.2. The number of alkyl halides is 1. The van der Waals surface area contributed by atoms with Crippen LogP contribution in [-0.4, -0.2) is 29.3 Å². The van der Waals surface area contributed by atoms with Crippen LogP contribution in [0, 0.1) is 12.0 Å². The number of hydrogen-bond donors (Lipinski definition) is 0. The molecule has 0 N–H and O–H groups in total. The van der Waals surface area contributed by atoms with Gasteiger partial charge in [-0.2, -0.15) is 10.1 Å². The molecule has 0 radical (unpaired) electrons. The van der Waals surface area contributed by atoms with Crippen molar-refractivity contribution in [2.45, 2.75) is 38.2 Å². The third-order valence-electron chi connectivity index (χ3n) is 2.09. The molecule has 4 nitrogen and oxygen atoms in total. The third-order valence-corrected chi connectivity index (χ3v) is 2.52. The number of unbranched alkanes of at least 4 members (excludes halogenated alkanes) is 1. The Kier molecular flexibility index (Phi) is 5.30. The van der Waals surface area contributed by atoms with E-state index in [2.05, 4.69) is 17.1 Å². The molecule has 1 amide bonds. The lowest BCUT2D eigenvalue weighted by Crippen LogP contribution is -2.32. The second-order valence-electron chi connectivity index (χ2n) is 3.39. The zero-order valence-electron chi connectivity index (χ0n) is 9.49. The average molecular weight is 243 g/mol. The van der Waals surface area contributed by atoms with Crippen molar-refractivity contribution in [1.29, 1.82) is 0 Å². The topological polar surface area (TPSA) is 41.9 Å². The Hall–Kier alpha value is -1.05. The van der Waals surface area contributed by atoms with Crippen molar-refractivity contribution in [2.24, 2.45) is 5.10 Å². The van der Waals surface area contributed by atoms with Crippen LogP contribution in [0.15, 0.2) is 5.10 Å². The monoisotopic (exact) mass is 242 g/mol. The van der Waals surface area contributed by atoms with Crippen LogP contribution in [0.25, 0.3) is 0 Å². The summed E-state index contributed by atoms with van der Waals surface area (Å²) in [5.74, 6) is 2.79. The Balaban J connectivity index is 2.74. The van der Waals surface area contributed by atoms with E-state index in [1.165, 1.54) is 12.1 Å². The molecular formula is C11H15ClN2O2. The van der Waals surface area contributed by atoms with E-state index < -0.39 is 5.56 Å². The van der Waals surface area contributed by atoms with Gasteiger partial charge in [0.25, 0.3) is 5.91 Å². The number of ether oxygens (including phenoxy) is 1. The van der Waals surface area contributed by atoms with E-state index in [-0.39, 0.29) is 5.91 Å². The van der Waals surface area contributed by atoms with Crippen LogP contribution in [0.2, 0.25) is 0 Å². The van der Waals surface area contributed by atoms with Gasteiger partial charge in [0, 0.05) is 32.4 Å². The second kappa shape index (κ2) is 6.51. The van der Waals surface area contributed by atoms with Crippen molar-refractivity contribution in [2.75, 3.05) is 7.11 Å². The van der Waals surface area contributed by atoms with Crippen molar-refractivity contribution in [3.05, 3.63) is 0 Å². The predicted octanol–water partition coefficient (Wildman–Crippen LogP) is 1.94. The van der Waals surface area contributed by atoms with Gasteiger partial charge in [-0.25, -0.2) is 0 Å². The first-order valence-corrected chi connectivity index (χ1v) is 5.68. The molecule has 1 aliphatic rings. The normalized spacial score (nSPS) is 17.6. The summed E-state index contributed by atoms with van der Waals surface area (Å²) in [6, 6.07) is 2.71. The summed E-state index contributed by atoms with van der Waals surface area (Å²) in [6.07, 6.45) is 2.63. The lowest BCUT2D eigenvalue weighted by molar-refractivity contribution is -0.128. The average Bonchev–Trinajstić information content (AvgIpc) is 2.31. The maximum Gasteiger partial charge on any atom is 0.255 e. The number of hydrazone groups is 1. The summed E-state index contributed by atoms with van der Waals surface area (Å²) in [6.45, 7) is 2.03. The first-order valence-electron chi connectivity index (χ1n) is 5.24. The van der Waals surface area contributed by atoms with Crippen LogP contribution in [0.1, 0.15) is 32.6 Å². The van der Waals surface area contributed by atoms with Gasteiger partial charge in [-0.05, 0) is 6.42 Å². The number of rotatable bonds is 3. The zero-order valence-corrected chi connectivity index (χ0v) is 10.3. The maximum atomic E-state index is 11.5. The van der Waals surface area contributed by atoms with Gasteiger partial charge in [0.1, 0.15) is 0 Å². The molecule has 16 heavy (non-hydrogen) atoms. The maximum absolute atomic E-state index is 11.5. The molecule has 0 aromatic heterocycles. The third kappa shape index (κ3) is 3.51. The molecule has 0 aromatic carbocycles. The minimum atomic E-state index is -0.580. The van der Waals surface area contributed by atoms with Gasteiger partial charge in [0.15, 0.2) is 5.56 Å². The van der Waals surface area contributed by atoms with Gasteiger partial charge >= 0.3 is 0 Å². The quantitative estimate of drug-likeness (QED) is 0.561. The summed E-state index contributed by atoms with van der Waals surface area (Å²) in [5.41, 5.74) is 0.0677. The highest BCUT2D eigenvalue weighted by molar-refractivity contribution is 6.31. The van der Waals surface area contributed by atoms with Crippen LogP contribution < -0.4 is 0 Å². The fourth-order valence-electron chi connectivity index (χ4n) is 1.21. The van der Waals surface area contributed by atoms with Crippen LogP contribution in [-0.2, 0) is 9.53 Å². The van der Waals surface area contributed by atoms with Crippen LogP contribution in [0.5, 0.6) is 0 Å². The highest BCUT2D eigenvalue weighted by Gasteiger charge is 2.23. The molecule has 88 valence electrons. The zero-order chi connectivity index (χ0) is 12.0. The molecule has 0 spiro atoms. The Morgan fingerprint density at radius 1 is 1.62 bits per heavy atom. The van der Waals surface area contributed by atoms with Gasteiger partial charge in [-0.15, -0.1) is 0 Å². The molecule has 1 aliphatic heterocycles. The first-order chi connectivity index (χ1) is 7.69. The number of carbonyl (C=O) groups excluding carboxylic acids is 1. The molecule has 0 saturated heterocycles. The van der Waals surface area contributed by atoms with Crippen LogP contribution in [0.4, 0.5) is 0 Å². The number of hydrogen-bond acceptors (Lipinski definition) is 3. The van der Waals surface area contributed by atoms with Crippen LogP contribution >= 0.6 is 11.6 Å². The fourth-order valence-corrected chi connectivity index (χ4v) is 1.37. The molecule has 1 rings (SSSR count). The largest absolute Gasteiger partial charge is 0.360 e. The Bertz CT molecular complexity index is 344. The molecule has 0 aliphatic carbocycles. The lowest BCUT2D eigenvalue weighted by Gasteiger charge is -2.20. The number of halogens is 1. The smallest absolute Gasteiger partial charge is 0.255 e. The van der Waals surface area contributed by atoms with E-state index in [0.717, 1.165) is 12.8 Å². The van der Waals surface area contributed by atoms with Crippen molar-refractivity contribution in [1.82, 2.24) is 5.01 Å². The summed E-state index contributed by atoms with van der Waals surface area (Å²) in [7, 11) is 1.50. The highest BCUT2D eigenvalue weighted by atomic mass is 35.5. The van der Waals surface area contributed by atoms with Gasteiger partial charge in [0.2, 0.25) is 0 Å². The molecule has 1 atom stereocenters. The minimum Gasteiger partial charge on any atom is -0.360 e. The van der Waals surface area contributed by atoms with Crippen molar-refractivity contribution >= 4 is 23.2 Å². The number of amides is 1. The van der Waals surface area contributed by atoms with Gasteiger partial charge in [-0.1, -0.05) is 24.4 Å². The summed E-state index contributed by atoms with van der Waals surface area (Å²) < 4.78 is 4.95. The summed E-state index contributed by atoms with van der Waals surface area (Å²) in [5, 5.41) is 5.24. The van der Waals surface area contributed by atoms with Crippen molar-refractivity contribution in [3.63, 3.8) is 0 Å². The molecule has 1 heterocycles. The van der Waals surface area contributed by atoms with E-state index in [4.69, 9.17) is 16.3 Å². The van der Waals surface area contributed by atoms with E-state index >= 15 is 0 Å². The van der Waals surface area contributed by atoms with Gasteiger partial charge in [0.05, 0.1) is 5.71 Å². The fraction of sp³-hybridized carbons (Fsp3) is 0.636. The predicted molar refractivity (Wildman–Crippen MR) is 62.8 cm³/mol. The SMILES string of the molecule is CCCC#CN1N=C(C(Cl)OC)CCC1=O. The Morgan fingerprint density at radius 2 is 2.38 bits per heavy atom. The molecule has 0 fully saturated rings. The number of carbonyl (C=O) groups is 1. The standard InChI is InChI=1S/C11H15ClN2O2/c1-3-4-5-8-14-10(15)7-6-9(13-14)11(12)16-2/h11H,3-4,6-7H2,1-2H3. The van der Waals surface area contributed by atoms with Crippen LogP contribution in [0.3, 0.4) is 0 Å². The first kappa shape index (κ1) is 13.0. The Labute approximate surface area is 101 Å². The summed E-state index contributed by atoms with van der Waals surface area (Å²) in [4.78, 5) is 11.5. The van der Waals surface area contributed by atoms with E-state index in [1.54, 1.807) is 0 Å². The van der Waals surface area contributed by atoms with Crippen molar-refractivity contribution in [3.8, 4) is 12.0 Å². The second-order valence-corrected chi connectivity index (χ2v) is 3.78. The van der Waals surface area contributed by atoms with Gasteiger partial charge in [-0.3, -0.25) is 4.79 Å². The van der Waals surface area contributed by atoms with E-state index in [9.17, 15) is 4.79 Å². The summed E-state index contributed by atoms with van der Waals surface area (Å²) >= 11 is 5.88. The number of methoxy groups -OCH3 is 1. The molecule has 1 unspecified atom stereocenters. The Morgan fingerprint density at radius 3 is 3.00 bits per heavy atom. The van der Waals surface area contributed by atoms with E-state index in [1.807, 2.05) is 6.92 Å². The molecule has 0 aromatic rings. The van der Waals surface area contributed by atoms with Gasteiger partial charge < -0.3 is 4.74 Å². The molecular weight excluding hydrogens is 228 g/mol. The minimum absolute atomic E-state index is 0.0904. The van der Waals surface area contributed by atoms with E-state index in [0.29, 0.717) is 18.6 Å². The molecule has 0 saturated carbocycles. The van der Waals surface area contributed by atoms with Crippen molar-refractivity contribution < 1.29 is 9.53 Å².